The zero-order valence-electron chi connectivity index (χ0n) is 7.84. The van der Waals surface area contributed by atoms with E-state index >= 15 is 0 Å². The maximum absolute atomic E-state index is 10.4. The van der Waals surface area contributed by atoms with Gasteiger partial charge in [0.15, 0.2) is 0 Å². The third-order valence-electron chi connectivity index (χ3n) is 3.88. The van der Waals surface area contributed by atoms with E-state index in [1.165, 1.54) is 24.8 Å². The van der Waals surface area contributed by atoms with Crippen LogP contribution in [0.25, 0.3) is 0 Å². The molecule has 12 heavy (non-hydrogen) atoms. The molecule has 2 rings (SSSR count). The van der Waals surface area contributed by atoms with Gasteiger partial charge < -0.3 is 0 Å². The van der Waals surface area contributed by atoms with Crippen molar-refractivity contribution in [3.63, 3.8) is 0 Å². The van der Waals surface area contributed by atoms with Crippen LogP contribution in [0.3, 0.4) is 0 Å². The summed E-state index contributed by atoms with van der Waals surface area (Å²) >= 11 is 0. The molecule has 2 fully saturated rings. The number of carbonyl (C=O) groups is 1. The first-order chi connectivity index (χ1) is 5.66. The summed E-state index contributed by atoms with van der Waals surface area (Å²) in [5, 5.41) is 0. The molecule has 0 aromatic heterocycles. The van der Waals surface area contributed by atoms with Crippen LogP contribution in [-0.2, 0) is 4.79 Å². The molecule has 2 aliphatic carbocycles. The van der Waals surface area contributed by atoms with Crippen molar-refractivity contribution < 1.29 is 4.79 Å². The van der Waals surface area contributed by atoms with Gasteiger partial charge in [-0.3, -0.25) is 4.79 Å². The first kappa shape index (κ1) is 8.03. The molecule has 0 radical (unpaired) electrons. The first-order valence-electron chi connectivity index (χ1n) is 4.82. The summed E-state index contributed by atoms with van der Waals surface area (Å²) in [5.74, 6) is 1.57. The molecule has 0 N–H and O–H groups in total. The van der Waals surface area contributed by atoms with Gasteiger partial charge in [-0.25, -0.2) is 0 Å². The quantitative estimate of drug-likeness (QED) is 0.430. The summed E-state index contributed by atoms with van der Waals surface area (Å²) < 4.78 is 0. The normalized spacial score (nSPS) is 40.7. The van der Waals surface area contributed by atoms with E-state index in [0.717, 1.165) is 18.1 Å². The van der Waals surface area contributed by atoms with Gasteiger partial charge in [0, 0.05) is 0 Å². The maximum atomic E-state index is 10.4. The molecule has 0 aromatic rings. The second kappa shape index (κ2) is 2.45. The summed E-state index contributed by atoms with van der Waals surface area (Å²) in [4.78, 5) is 10.4. The molecule has 0 spiro atoms. The molecule has 66 valence electrons. The molecule has 0 saturated heterocycles. The van der Waals surface area contributed by atoms with Crippen molar-refractivity contribution in [3.05, 3.63) is 11.6 Å². The molecule has 2 saturated carbocycles. The van der Waals surface area contributed by atoms with Crippen molar-refractivity contribution in [1.29, 1.82) is 0 Å². The summed E-state index contributed by atoms with van der Waals surface area (Å²) in [7, 11) is 0. The van der Waals surface area contributed by atoms with Crippen molar-refractivity contribution in [3.8, 4) is 0 Å². The average molecular weight is 164 g/mol. The lowest BCUT2D eigenvalue weighted by Crippen LogP contribution is -2.22. The molecule has 1 nitrogen and oxygen atoms in total. The summed E-state index contributed by atoms with van der Waals surface area (Å²) in [6.45, 7) is 4.57. The molecule has 0 amide bonds. The Balaban J connectivity index is 2.35. The van der Waals surface area contributed by atoms with Crippen molar-refractivity contribution >= 4 is 6.29 Å². The highest BCUT2D eigenvalue weighted by Gasteiger charge is 2.48. The van der Waals surface area contributed by atoms with E-state index in [1.807, 2.05) is 6.08 Å². The molecule has 0 heterocycles. The Morgan fingerprint density at radius 2 is 2.17 bits per heavy atom. The summed E-state index contributed by atoms with van der Waals surface area (Å²) in [6, 6.07) is 0. The van der Waals surface area contributed by atoms with E-state index in [-0.39, 0.29) is 0 Å². The fourth-order valence-corrected chi connectivity index (χ4v) is 3.11. The molecule has 0 aromatic carbocycles. The van der Waals surface area contributed by atoms with Crippen molar-refractivity contribution in [2.75, 3.05) is 0 Å². The minimum absolute atomic E-state index is 0.309. The van der Waals surface area contributed by atoms with Gasteiger partial charge in [0.25, 0.3) is 0 Å². The van der Waals surface area contributed by atoms with Crippen LogP contribution >= 0.6 is 0 Å². The highest BCUT2D eigenvalue weighted by molar-refractivity contribution is 5.67. The number of fused-ring (bicyclic) bond motifs is 2. The van der Waals surface area contributed by atoms with Crippen LogP contribution in [0.1, 0.15) is 33.1 Å². The number of hydrogen-bond donors (Lipinski definition) is 0. The first-order valence-corrected chi connectivity index (χ1v) is 4.82. The topological polar surface area (TPSA) is 17.1 Å². The van der Waals surface area contributed by atoms with E-state index < -0.39 is 0 Å². The predicted molar refractivity (Wildman–Crippen MR) is 48.8 cm³/mol. The zero-order chi connectivity index (χ0) is 8.77. The van der Waals surface area contributed by atoms with Crippen molar-refractivity contribution in [1.82, 2.24) is 0 Å². The number of allylic oxidation sites excluding steroid dienone is 2. The van der Waals surface area contributed by atoms with Crippen LogP contribution < -0.4 is 0 Å². The molecule has 2 atom stereocenters. The van der Waals surface area contributed by atoms with Gasteiger partial charge in [-0.05, 0) is 42.6 Å². The SMILES string of the molecule is CC1(C)/C(=C\C=O)C2CCC1C2. The smallest absolute Gasteiger partial charge is 0.142 e. The summed E-state index contributed by atoms with van der Waals surface area (Å²) in [6.07, 6.45) is 6.77. The largest absolute Gasteiger partial charge is 0.299 e. The van der Waals surface area contributed by atoms with Gasteiger partial charge in [0.1, 0.15) is 6.29 Å². The van der Waals surface area contributed by atoms with E-state index in [0.29, 0.717) is 5.41 Å². The fraction of sp³-hybridized carbons (Fsp3) is 0.727. The highest BCUT2D eigenvalue weighted by atomic mass is 16.1. The van der Waals surface area contributed by atoms with Crippen LogP contribution in [-0.4, -0.2) is 6.29 Å². The van der Waals surface area contributed by atoms with E-state index in [4.69, 9.17) is 0 Å². The third kappa shape index (κ3) is 0.886. The second-order valence-electron chi connectivity index (χ2n) is 4.69. The number of hydrogen-bond acceptors (Lipinski definition) is 1. The van der Waals surface area contributed by atoms with E-state index in [1.54, 1.807) is 0 Å². The Hall–Kier alpha value is -0.590. The number of aldehydes is 1. The zero-order valence-corrected chi connectivity index (χ0v) is 7.84. The number of rotatable bonds is 1. The Morgan fingerprint density at radius 1 is 1.42 bits per heavy atom. The van der Waals surface area contributed by atoms with Gasteiger partial charge in [0.2, 0.25) is 0 Å². The Bertz CT molecular complexity index is 237. The Morgan fingerprint density at radius 3 is 2.67 bits per heavy atom. The van der Waals surface area contributed by atoms with Crippen LogP contribution in [0.2, 0.25) is 0 Å². The predicted octanol–water partition coefficient (Wildman–Crippen LogP) is 2.57. The monoisotopic (exact) mass is 164 g/mol. The van der Waals surface area contributed by atoms with E-state index in [9.17, 15) is 4.79 Å². The minimum Gasteiger partial charge on any atom is -0.299 e. The lowest BCUT2D eigenvalue weighted by molar-refractivity contribution is -0.104. The Kier molecular flexibility index (Phi) is 1.64. The van der Waals surface area contributed by atoms with Gasteiger partial charge in [0.05, 0.1) is 0 Å². The van der Waals surface area contributed by atoms with Gasteiger partial charge in [-0.15, -0.1) is 0 Å². The average Bonchev–Trinajstić information content (AvgIpc) is 2.53. The third-order valence-corrected chi connectivity index (χ3v) is 3.88. The second-order valence-corrected chi connectivity index (χ2v) is 4.69. The van der Waals surface area contributed by atoms with Crippen LogP contribution in [0.5, 0.6) is 0 Å². The van der Waals surface area contributed by atoms with E-state index in [2.05, 4.69) is 13.8 Å². The van der Waals surface area contributed by atoms with Crippen LogP contribution in [0.4, 0.5) is 0 Å². The van der Waals surface area contributed by atoms with Gasteiger partial charge in [-0.2, -0.15) is 0 Å². The fourth-order valence-electron chi connectivity index (χ4n) is 3.11. The van der Waals surface area contributed by atoms with Gasteiger partial charge >= 0.3 is 0 Å². The molecule has 1 heteroatoms. The van der Waals surface area contributed by atoms with Crippen molar-refractivity contribution in [2.45, 2.75) is 33.1 Å². The molecular formula is C11H16O. The lowest BCUT2D eigenvalue weighted by atomic mass is 9.73. The highest BCUT2D eigenvalue weighted by Crippen LogP contribution is 2.58. The molecule has 2 aliphatic rings. The minimum atomic E-state index is 0.309. The van der Waals surface area contributed by atoms with Crippen LogP contribution in [0, 0.1) is 17.3 Å². The number of carbonyl (C=O) groups excluding carboxylic acids is 1. The molecule has 2 unspecified atom stereocenters. The van der Waals surface area contributed by atoms with Crippen molar-refractivity contribution in [2.24, 2.45) is 17.3 Å². The summed E-state index contributed by atoms with van der Waals surface area (Å²) in [5.41, 5.74) is 1.72. The Labute approximate surface area is 73.8 Å². The lowest BCUT2D eigenvalue weighted by Gasteiger charge is -2.32. The standard InChI is InChI=1S/C11H16O/c1-11(2)9-4-3-8(7-9)10(11)5-6-12/h5-6,8-9H,3-4,7H2,1-2H3/b10-5-. The maximum Gasteiger partial charge on any atom is 0.142 e. The molecule has 0 aliphatic heterocycles. The van der Waals surface area contributed by atoms with Crippen LogP contribution in [0.15, 0.2) is 11.6 Å². The van der Waals surface area contributed by atoms with Gasteiger partial charge in [-0.1, -0.05) is 19.4 Å². The molecule has 2 bridgehead atoms. The molecular weight excluding hydrogens is 148 g/mol.